The molecular formula is C21H22N6O2. The molecule has 0 atom stereocenters. The van der Waals surface area contributed by atoms with E-state index in [4.69, 9.17) is 0 Å². The Hall–Kier alpha value is -3.68. The van der Waals surface area contributed by atoms with Crippen molar-refractivity contribution in [1.29, 1.82) is 0 Å². The van der Waals surface area contributed by atoms with Crippen LogP contribution in [0, 0.1) is 6.92 Å². The first-order valence-electron chi connectivity index (χ1n) is 9.24. The minimum Gasteiger partial charge on any atom is -0.345 e. The molecule has 3 heterocycles. The maximum atomic E-state index is 13.0. The van der Waals surface area contributed by atoms with E-state index in [0.717, 1.165) is 27.6 Å². The van der Waals surface area contributed by atoms with Gasteiger partial charge >= 0.3 is 6.03 Å². The Balaban J connectivity index is 1.79. The number of carbonyl (C=O) groups excluding carboxylic acids is 2. The van der Waals surface area contributed by atoms with Crippen LogP contribution in [0.15, 0.2) is 42.7 Å². The first-order chi connectivity index (χ1) is 13.9. The number of benzene rings is 1. The van der Waals surface area contributed by atoms with Crippen LogP contribution < -0.4 is 5.32 Å². The molecule has 3 aromatic heterocycles. The van der Waals surface area contributed by atoms with Crippen LogP contribution in [0.1, 0.15) is 21.9 Å². The molecular weight excluding hydrogens is 368 g/mol. The fraction of sp³-hybridized carbons (Fsp3) is 0.238. The summed E-state index contributed by atoms with van der Waals surface area (Å²) in [7, 11) is 5.27. The zero-order chi connectivity index (χ0) is 20.7. The molecule has 4 aromatic rings. The van der Waals surface area contributed by atoms with Crippen LogP contribution >= 0.6 is 0 Å². The lowest BCUT2D eigenvalue weighted by atomic mass is 10.2. The van der Waals surface area contributed by atoms with Gasteiger partial charge in [-0.05, 0) is 19.1 Å². The van der Waals surface area contributed by atoms with E-state index in [2.05, 4.69) is 15.3 Å². The molecule has 0 saturated heterocycles. The summed E-state index contributed by atoms with van der Waals surface area (Å²) in [5, 5.41) is 3.76. The molecule has 0 spiro atoms. The fourth-order valence-electron chi connectivity index (χ4n) is 3.45. The van der Waals surface area contributed by atoms with Gasteiger partial charge in [-0.15, -0.1) is 0 Å². The lowest BCUT2D eigenvalue weighted by Crippen LogP contribution is -2.33. The number of aromatic nitrogens is 4. The fourth-order valence-corrected chi connectivity index (χ4v) is 3.45. The summed E-state index contributed by atoms with van der Waals surface area (Å²) in [5.74, 6) is -0.345. The number of aryl methyl sites for hydroxylation is 2. The van der Waals surface area contributed by atoms with Gasteiger partial charge < -0.3 is 14.8 Å². The van der Waals surface area contributed by atoms with E-state index in [1.54, 1.807) is 32.6 Å². The molecule has 0 aliphatic heterocycles. The van der Waals surface area contributed by atoms with Crippen molar-refractivity contribution in [3.63, 3.8) is 0 Å². The molecule has 0 bridgehead atoms. The van der Waals surface area contributed by atoms with Crippen LogP contribution in [0.5, 0.6) is 0 Å². The third kappa shape index (κ3) is 3.12. The van der Waals surface area contributed by atoms with Crippen molar-refractivity contribution in [3.05, 3.63) is 59.8 Å². The molecule has 0 aliphatic carbocycles. The van der Waals surface area contributed by atoms with Gasteiger partial charge in [0.15, 0.2) is 0 Å². The van der Waals surface area contributed by atoms with Crippen molar-refractivity contribution in [2.24, 2.45) is 7.05 Å². The SMILES string of the molecule is Cc1cnc(CNC(=O)c2cc3c(c4ccccc4n3C)n2C(=O)N(C)C)cn1. The molecule has 148 valence electrons. The smallest absolute Gasteiger partial charge is 0.328 e. The zero-order valence-electron chi connectivity index (χ0n) is 16.8. The quantitative estimate of drug-likeness (QED) is 0.583. The normalized spacial score (nSPS) is 11.2. The second-order valence-corrected chi connectivity index (χ2v) is 7.18. The van der Waals surface area contributed by atoms with Crippen molar-refractivity contribution < 1.29 is 9.59 Å². The van der Waals surface area contributed by atoms with Gasteiger partial charge in [0.25, 0.3) is 5.91 Å². The van der Waals surface area contributed by atoms with Crippen LogP contribution in [-0.4, -0.2) is 50.0 Å². The first kappa shape index (κ1) is 18.7. The molecule has 2 amide bonds. The molecule has 1 N–H and O–H groups in total. The highest BCUT2D eigenvalue weighted by molar-refractivity contribution is 6.14. The Bertz CT molecular complexity index is 1230. The zero-order valence-corrected chi connectivity index (χ0v) is 16.8. The summed E-state index contributed by atoms with van der Waals surface area (Å²) < 4.78 is 3.47. The molecule has 8 nitrogen and oxygen atoms in total. The Labute approximate surface area is 167 Å². The van der Waals surface area contributed by atoms with Crippen LogP contribution in [-0.2, 0) is 13.6 Å². The number of hydrogen-bond acceptors (Lipinski definition) is 4. The van der Waals surface area contributed by atoms with Gasteiger partial charge in [0.1, 0.15) is 5.69 Å². The van der Waals surface area contributed by atoms with Gasteiger partial charge in [0.2, 0.25) is 0 Å². The number of nitrogens with one attached hydrogen (secondary N) is 1. The van der Waals surface area contributed by atoms with Crippen LogP contribution in [0.3, 0.4) is 0 Å². The highest BCUT2D eigenvalue weighted by Gasteiger charge is 2.25. The average molecular weight is 390 g/mol. The van der Waals surface area contributed by atoms with Gasteiger partial charge in [-0.25, -0.2) is 4.79 Å². The summed E-state index contributed by atoms with van der Waals surface area (Å²) in [6, 6.07) is 9.31. The number of hydrogen-bond donors (Lipinski definition) is 1. The van der Waals surface area contributed by atoms with E-state index in [9.17, 15) is 9.59 Å². The van der Waals surface area contributed by atoms with Crippen molar-refractivity contribution >= 4 is 33.9 Å². The topological polar surface area (TPSA) is 85.0 Å². The third-order valence-electron chi connectivity index (χ3n) is 4.93. The first-order valence-corrected chi connectivity index (χ1v) is 9.24. The van der Waals surface area contributed by atoms with Crippen molar-refractivity contribution in [2.75, 3.05) is 14.1 Å². The lowest BCUT2D eigenvalue weighted by molar-refractivity contribution is 0.0941. The molecule has 0 radical (unpaired) electrons. The van der Waals surface area contributed by atoms with Crippen LogP contribution in [0.25, 0.3) is 21.9 Å². The van der Waals surface area contributed by atoms with Crippen LogP contribution in [0.2, 0.25) is 0 Å². The summed E-state index contributed by atoms with van der Waals surface area (Å²) in [6.07, 6.45) is 3.28. The minimum atomic E-state index is -0.345. The van der Waals surface area contributed by atoms with E-state index >= 15 is 0 Å². The molecule has 29 heavy (non-hydrogen) atoms. The van der Waals surface area contributed by atoms with E-state index in [-0.39, 0.29) is 24.2 Å². The number of nitrogens with zero attached hydrogens (tertiary/aromatic N) is 5. The molecule has 0 saturated carbocycles. The van der Waals surface area contributed by atoms with E-state index in [1.165, 1.54) is 9.47 Å². The molecule has 0 aliphatic rings. The number of para-hydroxylation sites is 1. The lowest BCUT2D eigenvalue weighted by Gasteiger charge is -2.15. The maximum Gasteiger partial charge on any atom is 0.328 e. The molecule has 0 fully saturated rings. The Morgan fingerprint density at radius 2 is 1.86 bits per heavy atom. The predicted octanol–water partition coefficient (Wildman–Crippen LogP) is 2.69. The number of rotatable bonds is 3. The largest absolute Gasteiger partial charge is 0.345 e. The Morgan fingerprint density at radius 3 is 2.55 bits per heavy atom. The Morgan fingerprint density at radius 1 is 1.10 bits per heavy atom. The van der Waals surface area contributed by atoms with Gasteiger partial charge in [-0.3, -0.25) is 19.3 Å². The molecule has 0 unspecified atom stereocenters. The summed E-state index contributed by atoms with van der Waals surface area (Å²) >= 11 is 0. The Kier molecular flexibility index (Phi) is 4.54. The number of amides is 2. The van der Waals surface area contributed by atoms with Crippen molar-refractivity contribution in [3.8, 4) is 0 Å². The molecule has 1 aromatic carbocycles. The number of carbonyl (C=O) groups is 2. The second kappa shape index (κ2) is 7.05. The van der Waals surface area contributed by atoms with E-state index < -0.39 is 0 Å². The van der Waals surface area contributed by atoms with Gasteiger partial charge in [0.05, 0.1) is 40.7 Å². The highest BCUT2D eigenvalue weighted by atomic mass is 16.2. The van der Waals surface area contributed by atoms with Crippen molar-refractivity contribution in [2.45, 2.75) is 13.5 Å². The van der Waals surface area contributed by atoms with E-state index in [0.29, 0.717) is 5.69 Å². The molecule has 4 rings (SSSR count). The summed E-state index contributed by atoms with van der Waals surface area (Å²) in [5.41, 5.74) is 4.29. The van der Waals surface area contributed by atoms with E-state index in [1.807, 2.05) is 42.8 Å². The monoisotopic (exact) mass is 390 g/mol. The predicted molar refractivity (Wildman–Crippen MR) is 111 cm³/mol. The van der Waals surface area contributed by atoms with Gasteiger partial charge in [-0.2, -0.15) is 0 Å². The summed E-state index contributed by atoms with van der Waals surface area (Å²) in [6.45, 7) is 2.08. The average Bonchev–Trinajstić information content (AvgIpc) is 3.23. The molecule has 8 heteroatoms. The van der Waals surface area contributed by atoms with Gasteiger partial charge in [-0.1, -0.05) is 18.2 Å². The second-order valence-electron chi connectivity index (χ2n) is 7.18. The van der Waals surface area contributed by atoms with Crippen LogP contribution in [0.4, 0.5) is 4.79 Å². The van der Waals surface area contributed by atoms with Gasteiger partial charge in [0, 0.05) is 32.7 Å². The standard InChI is InChI=1S/C21H22N6O2/c1-13-10-23-14(11-22-13)12-24-20(28)18-9-17-19(27(18)21(29)25(2)3)15-7-5-6-8-16(15)26(17)4/h5-11H,12H2,1-4H3,(H,24,28). The third-order valence-corrected chi connectivity index (χ3v) is 4.93. The minimum absolute atomic E-state index is 0.227. The number of fused-ring (bicyclic) bond motifs is 3. The summed E-state index contributed by atoms with van der Waals surface area (Å²) in [4.78, 5) is 35.9. The van der Waals surface area contributed by atoms with Crippen molar-refractivity contribution in [1.82, 2.24) is 29.3 Å². The highest BCUT2D eigenvalue weighted by Crippen LogP contribution is 2.31. The maximum absolute atomic E-state index is 13.0.